The van der Waals surface area contributed by atoms with Crippen LogP contribution in [0.3, 0.4) is 0 Å². The first-order chi connectivity index (χ1) is 6.08. The van der Waals surface area contributed by atoms with Crippen molar-refractivity contribution in [1.82, 2.24) is 5.48 Å². The van der Waals surface area contributed by atoms with Crippen LogP contribution in [0.4, 0.5) is 0 Å². The number of rotatable bonds is 2. The molecule has 0 aromatic rings. The van der Waals surface area contributed by atoms with E-state index in [4.69, 9.17) is 5.73 Å². The fourth-order valence-corrected chi connectivity index (χ4v) is 0.164. The molecule has 5 heteroatoms. The summed E-state index contributed by atoms with van der Waals surface area (Å²) < 4.78 is 0. The molecule has 0 rings (SSSR count). The fraction of sp³-hybridized carbons (Fsp3) is 0.500. The second-order valence-electron chi connectivity index (χ2n) is 2.05. The molecule has 0 saturated heterocycles. The number of carbonyl (C=O) groups is 2. The third kappa shape index (κ3) is 18.0. The van der Waals surface area contributed by atoms with Crippen molar-refractivity contribution in [3.8, 4) is 0 Å². The fourth-order valence-electron chi connectivity index (χ4n) is 0.164. The molecule has 76 valence electrons. The minimum Gasteiger partial charge on any atom is -0.341 e. The molecule has 0 saturated carbocycles. The van der Waals surface area contributed by atoms with Crippen LogP contribution >= 0.6 is 0 Å². The molecule has 5 nitrogen and oxygen atoms in total. The minimum absolute atomic E-state index is 0.537. The molecular weight excluding hydrogens is 172 g/mol. The van der Waals surface area contributed by atoms with Gasteiger partial charge in [0.1, 0.15) is 0 Å². The number of nitrogens with two attached hydrogens (primary N) is 1. The molecule has 0 aromatic carbocycles. The molecule has 0 heterocycles. The number of nitrogens with one attached hydrogen (secondary N) is 1. The van der Waals surface area contributed by atoms with E-state index < -0.39 is 11.9 Å². The largest absolute Gasteiger partial charge is 0.341 e. The summed E-state index contributed by atoms with van der Waals surface area (Å²) in [5, 5.41) is 0. The Morgan fingerprint density at radius 3 is 2.31 bits per heavy atom. The zero-order valence-electron chi connectivity index (χ0n) is 8.00. The first-order valence-electron chi connectivity index (χ1n) is 3.88. The van der Waals surface area contributed by atoms with Crippen molar-refractivity contribution in [1.29, 1.82) is 0 Å². The van der Waals surface area contributed by atoms with Crippen LogP contribution in [0.2, 0.25) is 0 Å². The van der Waals surface area contributed by atoms with Crippen molar-refractivity contribution in [2.45, 2.75) is 20.3 Å². The predicted octanol–water partition coefficient (Wildman–Crippen LogP) is 0.122. The van der Waals surface area contributed by atoms with Gasteiger partial charge in [-0.3, -0.25) is 9.59 Å². The highest BCUT2D eigenvalue weighted by atomic mass is 16.7. The Balaban J connectivity index is 0. The molecule has 0 bridgehead atoms. The lowest BCUT2D eigenvalue weighted by Gasteiger charge is -1.96. The van der Waals surface area contributed by atoms with Gasteiger partial charge < -0.3 is 10.6 Å². The molecule has 0 aliphatic rings. The van der Waals surface area contributed by atoms with Crippen molar-refractivity contribution < 1.29 is 14.4 Å². The Bertz CT molecular complexity index is 167. The number of hydroxylamine groups is 1. The summed E-state index contributed by atoms with van der Waals surface area (Å²) in [4.78, 5) is 24.3. The maximum Gasteiger partial charge on any atom is 0.329 e. The Kier molecular flexibility index (Phi) is 11.6. The molecular formula is C8H16N2O3. The molecule has 0 spiro atoms. The van der Waals surface area contributed by atoms with Crippen LogP contribution in [-0.4, -0.2) is 18.4 Å². The van der Waals surface area contributed by atoms with Gasteiger partial charge in [-0.2, -0.15) is 5.48 Å². The normalized spacial score (nSPS) is 7.62. The van der Waals surface area contributed by atoms with Crippen LogP contribution in [0.1, 0.15) is 20.3 Å². The lowest BCUT2D eigenvalue weighted by molar-refractivity contribution is -0.154. The molecule has 0 aliphatic carbocycles. The van der Waals surface area contributed by atoms with Crippen LogP contribution in [0.15, 0.2) is 12.7 Å². The summed E-state index contributed by atoms with van der Waals surface area (Å²) in [5.41, 5.74) is 6.85. The average molecular weight is 188 g/mol. The van der Waals surface area contributed by atoms with Crippen molar-refractivity contribution in [3.63, 3.8) is 0 Å². The van der Waals surface area contributed by atoms with Gasteiger partial charge >= 0.3 is 5.97 Å². The van der Waals surface area contributed by atoms with Crippen molar-refractivity contribution in [3.05, 3.63) is 12.7 Å². The summed E-state index contributed by atoms with van der Waals surface area (Å²) in [6.07, 6.45) is 2.10. The second-order valence-corrected chi connectivity index (χ2v) is 2.05. The highest BCUT2D eigenvalue weighted by Crippen LogP contribution is 1.69. The molecule has 0 radical (unpaired) electrons. The van der Waals surface area contributed by atoms with E-state index in [9.17, 15) is 9.59 Å². The van der Waals surface area contributed by atoms with Gasteiger partial charge in [0.15, 0.2) is 0 Å². The summed E-state index contributed by atoms with van der Waals surface area (Å²) >= 11 is 0. The maximum atomic E-state index is 10.2. The summed E-state index contributed by atoms with van der Waals surface area (Å²) in [6.45, 7) is 7.19. The van der Waals surface area contributed by atoms with E-state index in [-0.39, 0.29) is 0 Å². The molecule has 1 amide bonds. The van der Waals surface area contributed by atoms with Crippen molar-refractivity contribution in [2.75, 3.05) is 6.54 Å². The number of amides is 1. The van der Waals surface area contributed by atoms with Gasteiger partial charge in [0.2, 0.25) is 0 Å². The van der Waals surface area contributed by atoms with E-state index in [0.717, 1.165) is 19.0 Å². The topological polar surface area (TPSA) is 81.4 Å². The zero-order valence-corrected chi connectivity index (χ0v) is 8.00. The average Bonchev–Trinajstić information content (AvgIpc) is 2.14. The highest BCUT2D eigenvalue weighted by molar-refractivity contribution is 5.86. The predicted molar refractivity (Wildman–Crippen MR) is 49.5 cm³/mol. The van der Waals surface area contributed by atoms with E-state index >= 15 is 0 Å². The standard InChI is InChI=1S/C5H7NO3.C3H9N/c1-3-5(8)6-9-4(2)7;1-2-3-4/h3H,1H2,2H3,(H,6,8);2-4H2,1H3. The number of hydrogen-bond donors (Lipinski definition) is 2. The van der Waals surface area contributed by atoms with Gasteiger partial charge in [-0.15, -0.1) is 0 Å². The quantitative estimate of drug-likeness (QED) is 0.476. The Morgan fingerprint density at radius 2 is 2.08 bits per heavy atom. The molecule has 0 atom stereocenters. The lowest BCUT2D eigenvalue weighted by Crippen LogP contribution is -2.23. The van der Waals surface area contributed by atoms with Gasteiger partial charge in [-0.1, -0.05) is 13.5 Å². The molecule has 0 fully saturated rings. The minimum atomic E-state index is -0.565. The van der Waals surface area contributed by atoms with Gasteiger partial charge in [-0.05, 0) is 19.0 Å². The van der Waals surface area contributed by atoms with E-state index in [1.54, 1.807) is 0 Å². The molecule has 13 heavy (non-hydrogen) atoms. The van der Waals surface area contributed by atoms with Crippen LogP contribution in [0, 0.1) is 0 Å². The van der Waals surface area contributed by atoms with E-state index in [2.05, 4.69) is 18.3 Å². The zero-order chi connectivity index (χ0) is 10.7. The molecule has 0 aliphatic heterocycles. The number of hydrogen-bond acceptors (Lipinski definition) is 4. The highest BCUT2D eigenvalue weighted by Gasteiger charge is 1.94. The smallest absolute Gasteiger partial charge is 0.329 e. The number of carbonyl (C=O) groups excluding carboxylic acids is 2. The van der Waals surface area contributed by atoms with E-state index in [1.807, 2.05) is 5.48 Å². The van der Waals surface area contributed by atoms with Crippen LogP contribution in [-0.2, 0) is 14.4 Å². The summed E-state index contributed by atoms with van der Waals surface area (Å²) in [7, 11) is 0. The van der Waals surface area contributed by atoms with Crippen LogP contribution in [0.5, 0.6) is 0 Å². The van der Waals surface area contributed by atoms with Gasteiger partial charge in [0.05, 0.1) is 0 Å². The lowest BCUT2D eigenvalue weighted by atomic mass is 10.5. The van der Waals surface area contributed by atoms with Crippen LogP contribution < -0.4 is 11.2 Å². The third-order valence-electron chi connectivity index (χ3n) is 0.769. The van der Waals surface area contributed by atoms with E-state index in [0.29, 0.717) is 0 Å². The molecule has 0 aromatic heterocycles. The monoisotopic (exact) mass is 188 g/mol. The summed E-state index contributed by atoms with van der Waals surface area (Å²) in [6, 6.07) is 0. The van der Waals surface area contributed by atoms with Gasteiger partial charge in [-0.25, -0.2) is 0 Å². The molecule has 3 N–H and O–H groups in total. The SMILES string of the molecule is C=CC(=O)NOC(C)=O.CCCN. The van der Waals surface area contributed by atoms with Crippen molar-refractivity contribution >= 4 is 11.9 Å². The summed E-state index contributed by atoms with van der Waals surface area (Å²) in [5.74, 6) is -1.10. The van der Waals surface area contributed by atoms with Gasteiger partial charge in [0.25, 0.3) is 5.91 Å². The van der Waals surface area contributed by atoms with Crippen LogP contribution in [0.25, 0.3) is 0 Å². The first kappa shape index (κ1) is 14.2. The molecule has 0 unspecified atom stereocenters. The Hall–Kier alpha value is -1.36. The van der Waals surface area contributed by atoms with E-state index in [1.165, 1.54) is 6.92 Å². The Morgan fingerprint density at radius 1 is 1.62 bits per heavy atom. The van der Waals surface area contributed by atoms with Crippen molar-refractivity contribution in [2.24, 2.45) is 5.73 Å². The first-order valence-corrected chi connectivity index (χ1v) is 3.88. The van der Waals surface area contributed by atoms with Gasteiger partial charge in [0, 0.05) is 6.92 Å². The Labute approximate surface area is 77.9 Å². The third-order valence-corrected chi connectivity index (χ3v) is 0.769. The maximum absolute atomic E-state index is 10.2. The second kappa shape index (κ2) is 10.6.